The number of thiophene rings is 1. The molecule has 2 heteroatoms. The van der Waals surface area contributed by atoms with Gasteiger partial charge in [-0.1, -0.05) is 153 Å². The molecule has 0 saturated heterocycles. The number of furan rings is 1. The van der Waals surface area contributed by atoms with Gasteiger partial charge in [0.05, 0.1) is 0 Å². The second-order valence-corrected chi connectivity index (χ2v) is 19.8. The van der Waals surface area contributed by atoms with Crippen molar-refractivity contribution in [2.24, 2.45) is 0 Å². The van der Waals surface area contributed by atoms with Crippen molar-refractivity contribution in [1.29, 1.82) is 0 Å². The average molecular weight is 843 g/mol. The van der Waals surface area contributed by atoms with Crippen LogP contribution in [0.4, 0.5) is 0 Å². The van der Waals surface area contributed by atoms with Crippen molar-refractivity contribution in [2.75, 3.05) is 0 Å². The fourth-order valence-electron chi connectivity index (χ4n) is 12.1. The summed E-state index contributed by atoms with van der Waals surface area (Å²) in [5.41, 5.74) is 12.0. The zero-order chi connectivity index (χ0) is 42.7. The topological polar surface area (TPSA) is 13.1 Å². The lowest BCUT2D eigenvalue weighted by molar-refractivity contribution is 0.620. The predicted molar refractivity (Wildman–Crippen MR) is 280 cm³/mol. The Labute approximate surface area is 378 Å². The van der Waals surface area contributed by atoms with Gasteiger partial charge in [0.15, 0.2) is 0 Å². The van der Waals surface area contributed by atoms with Gasteiger partial charge in [-0.25, -0.2) is 0 Å². The Balaban J connectivity index is 0.949. The molecule has 0 unspecified atom stereocenters. The minimum atomic E-state index is -0.158. The van der Waals surface area contributed by atoms with Crippen LogP contribution in [0.25, 0.3) is 140 Å². The molecule has 0 fully saturated rings. The molecule has 14 aromatic rings. The predicted octanol–water partition coefficient (Wildman–Crippen LogP) is 18.5. The minimum absolute atomic E-state index is 0.158. The summed E-state index contributed by atoms with van der Waals surface area (Å²) in [6.45, 7) is 4.67. The maximum Gasteiger partial charge on any atom is 0.140 e. The summed E-state index contributed by atoms with van der Waals surface area (Å²) in [7, 11) is 0. The van der Waals surface area contributed by atoms with E-state index in [-0.39, 0.29) is 5.41 Å². The molecule has 1 nitrogen and oxygen atoms in total. The molecular formula is C63H38OS. The molecule has 302 valence electrons. The van der Waals surface area contributed by atoms with Gasteiger partial charge in [0.25, 0.3) is 0 Å². The van der Waals surface area contributed by atoms with E-state index in [1.165, 1.54) is 135 Å². The van der Waals surface area contributed by atoms with E-state index in [4.69, 9.17) is 4.42 Å². The molecule has 0 spiro atoms. The van der Waals surface area contributed by atoms with Crippen LogP contribution in [0.5, 0.6) is 0 Å². The van der Waals surface area contributed by atoms with Crippen molar-refractivity contribution < 1.29 is 4.42 Å². The third kappa shape index (κ3) is 4.77. The van der Waals surface area contributed by atoms with E-state index in [0.29, 0.717) is 0 Å². The molecular weight excluding hydrogens is 805 g/mol. The SMILES string of the molecule is CC1(C)c2ccccc2-c2ccc3c(oc4ccc(-c5c6ccccc6c(-c6ccc7sc8cc9c%10ccccc%10c%10cc%11ccccc%11cc%10c9cc8c7c6)c6ccccc56)cc43)c21. The minimum Gasteiger partial charge on any atom is -0.456 e. The van der Waals surface area contributed by atoms with Crippen molar-refractivity contribution in [3.63, 3.8) is 0 Å². The van der Waals surface area contributed by atoms with Gasteiger partial charge in [-0.05, 0) is 158 Å². The first-order valence-electron chi connectivity index (χ1n) is 22.6. The molecule has 0 amide bonds. The van der Waals surface area contributed by atoms with Crippen molar-refractivity contribution in [2.45, 2.75) is 19.3 Å². The summed E-state index contributed by atoms with van der Waals surface area (Å²) in [4.78, 5) is 0. The highest BCUT2D eigenvalue weighted by Crippen LogP contribution is 2.53. The van der Waals surface area contributed by atoms with Gasteiger partial charge in [0.2, 0.25) is 0 Å². The van der Waals surface area contributed by atoms with Crippen LogP contribution in [0, 0.1) is 0 Å². The summed E-state index contributed by atoms with van der Waals surface area (Å²) in [5, 5.41) is 20.3. The number of hydrogen-bond acceptors (Lipinski definition) is 2. The first kappa shape index (κ1) is 35.7. The van der Waals surface area contributed by atoms with E-state index in [0.717, 1.165) is 16.6 Å². The lowest BCUT2D eigenvalue weighted by atomic mass is 9.82. The lowest BCUT2D eigenvalue weighted by Crippen LogP contribution is -2.15. The Morgan fingerprint density at radius 2 is 0.877 bits per heavy atom. The highest BCUT2D eigenvalue weighted by molar-refractivity contribution is 7.25. The van der Waals surface area contributed by atoms with E-state index < -0.39 is 0 Å². The average Bonchev–Trinajstić information content (AvgIpc) is 3.98. The second kappa shape index (κ2) is 12.7. The van der Waals surface area contributed by atoms with E-state index in [9.17, 15) is 0 Å². The summed E-state index contributed by atoms with van der Waals surface area (Å²) >= 11 is 1.90. The standard InChI is InChI=1S/C63H38OS/c1-63(2)55-22-12-11-17-41(55)46-25-26-47-52-31-37(23-27-56(52)64-62(47)61(46)63)59-42-18-7-9-20-44(42)60(45-21-10-8-19-43(45)59)38-24-28-57-53(32-38)54-33-50-49-30-36-14-4-3-13-35(36)29-48(49)39-15-5-6-16-40(39)51(50)34-58(54)65-57/h3-34H,1-2H3. The van der Waals surface area contributed by atoms with Gasteiger partial charge >= 0.3 is 0 Å². The van der Waals surface area contributed by atoms with E-state index in [2.05, 4.69) is 208 Å². The third-order valence-corrected chi connectivity index (χ3v) is 16.1. The quantitative estimate of drug-likeness (QED) is 0.125. The highest BCUT2D eigenvalue weighted by Gasteiger charge is 2.38. The Kier molecular flexibility index (Phi) is 6.96. The number of fused-ring (bicyclic) bond motifs is 19. The van der Waals surface area contributed by atoms with Crippen molar-refractivity contribution >= 4 is 118 Å². The van der Waals surface area contributed by atoms with E-state index in [1.54, 1.807) is 0 Å². The zero-order valence-corrected chi connectivity index (χ0v) is 36.6. The van der Waals surface area contributed by atoms with Crippen LogP contribution in [0.2, 0.25) is 0 Å². The molecule has 2 heterocycles. The molecule has 12 aromatic carbocycles. The first-order valence-corrected chi connectivity index (χ1v) is 23.5. The molecule has 0 N–H and O–H groups in total. The zero-order valence-electron chi connectivity index (χ0n) is 35.8. The van der Waals surface area contributed by atoms with Crippen molar-refractivity contribution in [3.8, 4) is 33.4 Å². The number of benzene rings is 12. The highest BCUT2D eigenvalue weighted by atomic mass is 32.1. The van der Waals surface area contributed by atoms with Gasteiger partial charge < -0.3 is 4.42 Å². The maximum atomic E-state index is 6.85. The number of rotatable bonds is 2. The molecule has 0 bridgehead atoms. The van der Waals surface area contributed by atoms with E-state index >= 15 is 0 Å². The Morgan fingerprint density at radius 3 is 1.55 bits per heavy atom. The summed E-state index contributed by atoms with van der Waals surface area (Å²) < 4.78 is 9.47. The van der Waals surface area contributed by atoms with Crippen LogP contribution in [-0.2, 0) is 5.41 Å². The van der Waals surface area contributed by atoms with Crippen LogP contribution < -0.4 is 0 Å². The summed E-state index contributed by atoms with van der Waals surface area (Å²) in [6.07, 6.45) is 0. The third-order valence-electron chi connectivity index (χ3n) is 15.0. The van der Waals surface area contributed by atoms with Gasteiger partial charge in [0, 0.05) is 41.9 Å². The fraction of sp³-hybridized carbons (Fsp3) is 0.0476. The van der Waals surface area contributed by atoms with Crippen LogP contribution in [0.1, 0.15) is 25.0 Å². The van der Waals surface area contributed by atoms with Crippen LogP contribution in [0.15, 0.2) is 199 Å². The molecule has 0 atom stereocenters. The summed E-state index contributed by atoms with van der Waals surface area (Å²) in [6, 6.07) is 72.9. The Hall–Kier alpha value is -7.78. The summed E-state index contributed by atoms with van der Waals surface area (Å²) in [5.74, 6) is 0. The van der Waals surface area contributed by atoms with Gasteiger partial charge in [-0.3, -0.25) is 0 Å². The van der Waals surface area contributed by atoms with Crippen molar-refractivity contribution in [1.82, 2.24) is 0 Å². The van der Waals surface area contributed by atoms with Gasteiger partial charge in [0.1, 0.15) is 11.2 Å². The molecule has 65 heavy (non-hydrogen) atoms. The molecule has 1 aliphatic carbocycles. The normalized spacial score (nSPS) is 13.5. The molecule has 1 aliphatic rings. The van der Waals surface area contributed by atoms with Gasteiger partial charge in [-0.15, -0.1) is 11.3 Å². The molecule has 0 radical (unpaired) electrons. The first-order chi connectivity index (χ1) is 32.0. The van der Waals surface area contributed by atoms with Crippen LogP contribution >= 0.6 is 11.3 Å². The fourth-order valence-corrected chi connectivity index (χ4v) is 13.2. The Morgan fingerprint density at radius 1 is 0.354 bits per heavy atom. The number of hydrogen-bond donors (Lipinski definition) is 0. The maximum absolute atomic E-state index is 6.85. The van der Waals surface area contributed by atoms with Crippen LogP contribution in [0.3, 0.4) is 0 Å². The van der Waals surface area contributed by atoms with E-state index in [1.807, 2.05) is 11.3 Å². The monoisotopic (exact) mass is 842 g/mol. The molecule has 2 aromatic heterocycles. The smallest absolute Gasteiger partial charge is 0.140 e. The lowest BCUT2D eigenvalue weighted by Gasteiger charge is -2.21. The second-order valence-electron chi connectivity index (χ2n) is 18.7. The molecule has 0 aliphatic heterocycles. The van der Waals surface area contributed by atoms with Crippen molar-refractivity contribution in [3.05, 3.63) is 205 Å². The molecule has 0 saturated carbocycles. The molecule has 15 rings (SSSR count). The van der Waals surface area contributed by atoms with Gasteiger partial charge in [-0.2, -0.15) is 0 Å². The van der Waals surface area contributed by atoms with Crippen LogP contribution in [-0.4, -0.2) is 0 Å². The Bertz CT molecular complexity index is 4390. The largest absolute Gasteiger partial charge is 0.456 e.